The molecule has 0 radical (unpaired) electrons. The third-order valence-electron chi connectivity index (χ3n) is 3.38. The van der Waals surface area contributed by atoms with Crippen LogP contribution in [0.4, 0.5) is 11.4 Å². The van der Waals surface area contributed by atoms with Crippen molar-refractivity contribution in [3.05, 3.63) is 66.1 Å². The lowest BCUT2D eigenvalue weighted by atomic mass is 10.2. The van der Waals surface area contributed by atoms with Crippen LogP contribution in [0.25, 0.3) is 5.57 Å². The van der Waals surface area contributed by atoms with Crippen LogP contribution in [-0.4, -0.2) is 31.6 Å². The van der Waals surface area contributed by atoms with Crippen LogP contribution < -0.4 is 10.6 Å². The molecule has 0 atom stereocenters. The van der Waals surface area contributed by atoms with Crippen molar-refractivity contribution in [3.63, 3.8) is 0 Å². The van der Waals surface area contributed by atoms with Crippen LogP contribution in [-0.2, 0) is 0 Å². The number of hydrogen-bond donors (Lipinski definition) is 4. The SMILES string of the molecule is N#CC(=CNc1ccc(NC(=O)c2ccccc2O)cc1)c1nn[nH]n1. The van der Waals surface area contributed by atoms with Gasteiger partial charge in [-0.1, -0.05) is 12.1 Å². The molecule has 0 saturated carbocycles. The van der Waals surface area contributed by atoms with Crippen molar-refractivity contribution in [3.8, 4) is 11.8 Å². The van der Waals surface area contributed by atoms with Crippen LogP contribution in [0.3, 0.4) is 0 Å². The van der Waals surface area contributed by atoms with Gasteiger partial charge in [0.2, 0.25) is 5.82 Å². The van der Waals surface area contributed by atoms with Crippen molar-refractivity contribution in [1.82, 2.24) is 20.6 Å². The molecule has 1 aromatic heterocycles. The number of anilines is 2. The van der Waals surface area contributed by atoms with E-state index >= 15 is 0 Å². The van der Waals surface area contributed by atoms with E-state index in [1.807, 2.05) is 6.07 Å². The Bertz CT molecular complexity index is 973. The zero-order chi connectivity index (χ0) is 18.4. The first-order valence-corrected chi connectivity index (χ1v) is 7.47. The number of carbonyl (C=O) groups excluding carboxylic acids is 1. The number of rotatable bonds is 5. The normalized spacial score (nSPS) is 10.8. The number of aromatic amines is 1. The van der Waals surface area contributed by atoms with Gasteiger partial charge in [0.25, 0.3) is 5.91 Å². The molecule has 128 valence electrons. The van der Waals surface area contributed by atoms with E-state index < -0.39 is 5.91 Å². The summed E-state index contributed by atoms with van der Waals surface area (Å²) in [6.07, 6.45) is 1.46. The fraction of sp³-hybridized carbons (Fsp3) is 0. The number of nitrogens with one attached hydrogen (secondary N) is 3. The summed E-state index contributed by atoms with van der Waals surface area (Å²) >= 11 is 0. The molecule has 0 unspecified atom stereocenters. The summed E-state index contributed by atoms with van der Waals surface area (Å²) < 4.78 is 0. The third kappa shape index (κ3) is 3.82. The van der Waals surface area contributed by atoms with Crippen LogP contribution in [0.5, 0.6) is 5.75 Å². The molecular formula is C17H13N7O2. The molecule has 0 fully saturated rings. The molecule has 26 heavy (non-hydrogen) atoms. The predicted octanol–water partition coefficient (Wildman–Crippen LogP) is 2.13. The summed E-state index contributed by atoms with van der Waals surface area (Å²) in [5.41, 5.74) is 1.67. The van der Waals surface area contributed by atoms with Gasteiger partial charge < -0.3 is 15.7 Å². The minimum atomic E-state index is -0.410. The number of aromatic hydroxyl groups is 1. The number of phenolic OH excluding ortho intramolecular Hbond substituents is 1. The molecule has 9 nitrogen and oxygen atoms in total. The summed E-state index contributed by atoms with van der Waals surface area (Å²) in [5.74, 6) is -0.307. The van der Waals surface area contributed by atoms with Crippen molar-refractivity contribution in [2.45, 2.75) is 0 Å². The molecule has 1 heterocycles. The largest absolute Gasteiger partial charge is 0.507 e. The van der Waals surface area contributed by atoms with Gasteiger partial charge in [-0.15, -0.1) is 10.2 Å². The molecule has 1 amide bonds. The van der Waals surface area contributed by atoms with Gasteiger partial charge >= 0.3 is 0 Å². The maximum Gasteiger partial charge on any atom is 0.259 e. The standard InChI is InChI=1S/C17H13N7O2/c18-9-11(16-21-23-24-22-16)10-19-12-5-7-13(8-6-12)20-17(26)14-3-1-2-4-15(14)25/h1-8,10,19,25H,(H,20,26)(H,21,22,23,24). The van der Waals surface area contributed by atoms with Crippen molar-refractivity contribution in [1.29, 1.82) is 5.26 Å². The van der Waals surface area contributed by atoms with Crippen LogP contribution in [0.15, 0.2) is 54.7 Å². The second-order valence-electron chi connectivity index (χ2n) is 5.10. The lowest BCUT2D eigenvalue weighted by molar-refractivity contribution is 0.102. The number of nitrogens with zero attached hydrogens (tertiary/aromatic N) is 4. The van der Waals surface area contributed by atoms with E-state index in [-0.39, 0.29) is 22.7 Å². The van der Waals surface area contributed by atoms with Crippen molar-refractivity contribution >= 4 is 22.9 Å². The molecule has 3 rings (SSSR count). The molecule has 0 bridgehead atoms. The Hall–Kier alpha value is -4.19. The monoisotopic (exact) mass is 347 g/mol. The Kier molecular flexibility index (Phi) is 4.86. The fourth-order valence-electron chi connectivity index (χ4n) is 2.09. The first kappa shape index (κ1) is 16.7. The number of hydrogen-bond acceptors (Lipinski definition) is 7. The average molecular weight is 347 g/mol. The number of benzene rings is 2. The molecule has 0 aliphatic heterocycles. The highest BCUT2D eigenvalue weighted by atomic mass is 16.3. The summed E-state index contributed by atoms with van der Waals surface area (Å²) in [4.78, 5) is 12.2. The number of tetrazole rings is 1. The third-order valence-corrected chi connectivity index (χ3v) is 3.38. The molecule has 4 N–H and O–H groups in total. The maximum absolute atomic E-state index is 12.2. The quantitative estimate of drug-likeness (QED) is 0.518. The van der Waals surface area contributed by atoms with Gasteiger partial charge in [-0.2, -0.15) is 10.5 Å². The lowest BCUT2D eigenvalue weighted by Gasteiger charge is -2.08. The summed E-state index contributed by atoms with van der Waals surface area (Å²) in [6, 6.07) is 15.1. The Labute approximate surface area is 148 Å². The minimum absolute atomic E-state index is 0.0843. The number of nitriles is 1. The molecule has 0 aliphatic carbocycles. The van der Waals surface area contributed by atoms with Crippen molar-refractivity contribution < 1.29 is 9.90 Å². The smallest absolute Gasteiger partial charge is 0.259 e. The topological polar surface area (TPSA) is 140 Å². The average Bonchev–Trinajstić information content (AvgIpc) is 3.18. The summed E-state index contributed by atoms with van der Waals surface area (Å²) in [6.45, 7) is 0. The number of allylic oxidation sites excluding steroid dienone is 1. The molecule has 0 saturated heterocycles. The van der Waals surface area contributed by atoms with Gasteiger partial charge in [-0.05, 0) is 41.6 Å². The van der Waals surface area contributed by atoms with E-state index in [0.717, 1.165) is 0 Å². The molecule has 0 spiro atoms. The number of phenols is 1. The number of aromatic nitrogens is 4. The zero-order valence-corrected chi connectivity index (χ0v) is 13.3. The Morgan fingerprint density at radius 2 is 1.88 bits per heavy atom. The van der Waals surface area contributed by atoms with Crippen molar-refractivity contribution in [2.75, 3.05) is 10.6 Å². The Morgan fingerprint density at radius 1 is 1.15 bits per heavy atom. The Balaban J connectivity index is 1.66. The van der Waals surface area contributed by atoms with Gasteiger partial charge in [0.15, 0.2) is 0 Å². The van der Waals surface area contributed by atoms with Gasteiger partial charge in [0.05, 0.1) is 5.56 Å². The highest BCUT2D eigenvalue weighted by Crippen LogP contribution is 2.19. The molecular weight excluding hydrogens is 334 g/mol. The molecule has 9 heteroatoms. The highest BCUT2D eigenvalue weighted by Gasteiger charge is 2.10. The first-order chi connectivity index (χ1) is 12.7. The second kappa shape index (κ2) is 7.59. The van der Waals surface area contributed by atoms with Gasteiger partial charge in [0.1, 0.15) is 17.4 Å². The summed E-state index contributed by atoms with van der Waals surface area (Å²) in [5, 5.41) is 37.6. The van der Waals surface area contributed by atoms with Crippen LogP contribution in [0, 0.1) is 11.3 Å². The Morgan fingerprint density at radius 3 is 2.54 bits per heavy atom. The van der Waals surface area contributed by atoms with E-state index in [1.54, 1.807) is 36.4 Å². The fourth-order valence-corrected chi connectivity index (χ4v) is 2.09. The van der Waals surface area contributed by atoms with Gasteiger partial charge in [-0.3, -0.25) is 4.79 Å². The molecule has 2 aromatic carbocycles. The van der Waals surface area contributed by atoms with E-state index in [9.17, 15) is 9.90 Å². The van der Waals surface area contributed by atoms with Gasteiger partial charge in [-0.25, -0.2) is 0 Å². The number of amides is 1. The number of para-hydroxylation sites is 1. The van der Waals surface area contributed by atoms with E-state index in [4.69, 9.17) is 5.26 Å². The predicted molar refractivity (Wildman–Crippen MR) is 93.9 cm³/mol. The van der Waals surface area contributed by atoms with E-state index in [0.29, 0.717) is 11.4 Å². The van der Waals surface area contributed by atoms with Crippen molar-refractivity contribution in [2.24, 2.45) is 0 Å². The van der Waals surface area contributed by atoms with E-state index in [2.05, 4.69) is 31.3 Å². The number of H-pyrrole nitrogens is 1. The summed E-state index contributed by atoms with van der Waals surface area (Å²) in [7, 11) is 0. The first-order valence-electron chi connectivity index (χ1n) is 7.47. The maximum atomic E-state index is 12.2. The number of carbonyl (C=O) groups is 1. The van der Waals surface area contributed by atoms with Crippen LogP contribution >= 0.6 is 0 Å². The minimum Gasteiger partial charge on any atom is -0.507 e. The highest BCUT2D eigenvalue weighted by molar-refractivity contribution is 6.06. The van der Waals surface area contributed by atoms with E-state index in [1.165, 1.54) is 18.3 Å². The van der Waals surface area contributed by atoms with Crippen LogP contribution in [0.1, 0.15) is 16.2 Å². The zero-order valence-electron chi connectivity index (χ0n) is 13.3. The van der Waals surface area contributed by atoms with Crippen LogP contribution in [0.2, 0.25) is 0 Å². The molecule has 3 aromatic rings. The second-order valence-corrected chi connectivity index (χ2v) is 5.10. The molecule has 0 aliphatic rings. The van der Waals surface area contributed by atoms with Gasteiger partial charge in [0, 0.05) is 17.6 Å². The lowest BCUT2D eigenvalue weighted by Crippen LogP contribution is -2.11.